The number of rotatable bonds is 0. The number of aliphatic hydroxyl groups is 1. The first kappa shape index (κ1) is 13.4. The Balaban J connectivity index is 2.84. The molecule has 1 spiro atoms. The molecule has 2 atom stereocenters. The fourth-order valence-corrected chi connectivity index (χ4v) is 2.88. The third-order valence-corrected chi connectivity index (χ3v) is 4.58. The third kappa shape index (κ3) is 1.10. The van der Waals surface area contributed by atoms with E-state index in [1.54, 1.807) is 13.8 Å². The second-order valence-corrected chi connectivity index (χ2v) is 5.64. The van der Waals surface area contributed by atoms with Crippen molar-refractivity contribution in [3.8, 4) is 6.07 Å². The molecule has 7 heteroatoms. The van der Waals surface area contributed by atoms with Crippen LogP contribution in [-0.4, -0.2) is 34.6 Å². The molecule has 7 nitrogen and oxygen atoms in total. The molecule has 0 aliphatic carbocycles. The number of nitrogens with two attached hydrogens (primary N) is 1. The van der Waals surface area contributed by atoms with Gasteiger partial charge in [-0.15, -0.1) is 0 Å². The van der Waals surface area contributed by atoms with E-state index in [-0.39, 0.29) is 11.4 Å². The monoisotopic (exact) mass is 264 g/mol. The lowest BCUT2D eigenvalue weighted by Crippen LogP contribution is -2.53. The molecule has 1 fully saturated rings. The highest BCUT2D eigenvalue weighted by Crippen LogP contribution is 2.58. The first-order valence-electron chi connectivity index (χ1n) is 5.79. The number of carbonyl (C=O) groups is 2. The van der Waals surface area contributed by atoms with Crippen molar-refractivity contribution >= 4 is 11.8 Å². The summed E-state index contributed by atoms with van der Waals surface area (Å²) in [5.74, 6) is -1.34. The summed E-state index contributed by atoms with van der Waals surface area (Å²) in [5, 5.41) is 22.0. The maximum Gasteiger partial charge on any atom is 0.249 e. The average molecular weight is 264 g/mol. The van der Waals surface area contributed by atoms with Gasteiger partial charge in [0.05, 0.1) is 5.57 Å². The minimum absolute atomic E-state index is 0.0478. The van der Waals surface area contributed by atoms with Crippen LogP contribution in [0.1, 0.15) is 20.8 Å². The average Bonchev–Trinajstić information content (AvgIpc) is 2.57. The summed E-state index contributed by atoms with van der Waals surface area (Å²) in [6.07, 6.45) is 0. The van der Waals surface area contributed by atoms with E-state index in [0.29, 0.717) is 0 Å². The molecule has 1 saturated heterocycles. The second kappa shape index (κ2) is 3.27. The Kier molecular flexibility index (Phi) is 2.30. The number of nitrogens with zero attached hydrogens (tertiary/aromatic N) is 2. The Morgan fingerprint density at radius 1 is 1.37 bits per heavy atom. The van der Waals surface area contributed by atoms with E-state index < -0.39 is 28.4 Å². The van der Waals surface area contributed by atoms with Crippen molar-refractivity contribution in [1.82, 2.24) is 10.2 Å². The van der Waals surface area contributed by atoms with Gasteiger partial charge >= 0.3 is 0 Å². The molecular formula is C12H16N4O3. The van der Waals surface area contributed by atoms with Gasteiger partial charge in [-0.05, 0) is 6.92 Å². The van der Waals surface area contributed by atoms with Crippen LogP contribution in [0.3, 0.4) is 0 Å². The highest BCUT2D eigenvalue weighted by atomic mass is 16.3. The summed E-state index contributed by atoms with van der Waals surface area (Å²) < 4.78 is 0. The van der Waals surface area contributed by atoms with Gasteiger partial charge in [-0.1, -0.05) is 13.8 Å². The number of carbonyl (C=O) groups excluding carboxylic acids is 2. The van der Waals surface area contributed by atoms with E-state index in [1.165, 1.54) is 14.0 Å². The van der Waals surface area contributed by atoms with Crippen molar-refractivity contribution in [1.29, 1.82) is 5.26 Å². The smallest absolute Gasteiger partial charge is 0.249 e. The molecular weight excluding hydrogens is 248 g/mol. The van der Waals surface area contributed by atoms with Crippen LogP contribution in [0, 0.1) is 22.2 Å². The van der Waals surface area contributed by atoms with Crippen molar-refractivity contribution in [2.24, 2.45) is 16.6 Å². The van der Waals surface area contributed by atoms with Crippen molar-refractivity contribution < 1.29 is 14.7 Å². The normalized spacial score (nSPS) is 36.9. The predicted octanol–water partition coefficient (Wildman–Crippen LogP) is -0.997. The SMILES string of the molecule is CN1C(=O)C2(C(=O)NC(C)(O)C2(C)C)C(C#N)=C1N. The molecule has 0 aromatic rings. The Labute approximate surface area is 110 Å². The number of amides is 2. The first-order valence-corrected chi connectivity index (χ1v) is 5.79. The summed E-state index contributed by atoms with van der Waals surface area (Å²) in [5.41, 5.74) is 1.03. The highest BCUT2D eigenvalue weighted by Gasteiger charge is 2.75. The van der Waals surface area contributed by atoms with Crippen LogP contribution in [0.2, 0.25) is 0 Å². The fraction of sp³-hybridized carbons (Fsp3) is 0.583. The lowest BCUT2D eigenvalue weighted by Gasteiger charge is -2.39. The maximum absolute atomic E-state index is 12.5. The minimum atomic E-state index is -1.77. The zero-order valence-corrected chi connectivity index (χ0v) is 11.2. The molecule has 0 aromatic heterocycles. The summed E-state index contributed by atoms with van der Waals surface area (Å²) in [6, 6.07) is 1.85. The standard InChI is InChI=1S/C12H16N4O3/c1-10(2)11(3,19)15-8(17)12(10)6(5-13)7(14)16(4)9(12)18/h19H,14H2,1-4H3,(H,15,17). The van der Waals surface area contributed by atoms with Crippen LogP contribution in [0.25, 0.3) is 0 Å². The van der Waals surface area contributed by atoms with Crippen LogP contribution in [0.15, 0.2) is 11.4 Å². The van der Waals surface area contributed by atoms with Crippen LogP contribution in [0.5, 0.6) is 0 Å². The molecule has 102 valence electrons. The van der Waals surface area contributed by atoms with Crippen LogP contribution >= 0.6 is 0 Å². The number of hydrogen-bond acceptors (Lipinski definition) is 5. The van der Waals surface area contributed by atoms with Gasteiger partial charge in [0.2, 0.25) is 11.8 Å². The van der Waals surface area contributed by atoms with Gasteiger partial charge < -0.3 is 16.2 Å². The molecule has 19 heavy (non-hydrogen) atoms. The van der Waals surface area contributed by atoms with E-state index in [0.717, 1.165) is 4.90 Å². The number of nitriles is 1. The Bertz CT molecular complexity index is 570. The van der Waals surface area contributed by atoms with Gasteiger partial charge in [0.25, 0.3) is 0 Å². The van der Waals surface area contributed by atoms with E-state index in [4.69, 9.17) is 5.73 Å². The summed E-state index contributed by atoms with van der Waals surface area (Å²) in [4.78, 5) is 25.9. The summed E-state index contributed by atoms with van der Waals surface area (Å²) >= 11 is 0. The molecule has 0 bridgehead atoms. The van der Waals surface area contributed by atoms with Gasteiger partial charge in [-0.2, -0.15) is 5.26 Å². The van der Waals surface area contributed by atoms with Gasteiger partial charge in [-0.3, -0.25) is 14.5 Å². The van der Waals surface area contributed by atoms with Crippen molar-refractivity contribution in [3.05, 3.63) is 11.4 Å². The first-order chi connectivity index (χ1) is 8.55. The molecule has 2 rings (SSSR count). The van der Waals surface area contributed by atoms with Crippen LogP contribution < -0.4 is 11.1 Å². The van der Waals surface area contributed by atoms with E-state index in [2.05, 4.69) is 5.32 Å². The highest BCUT2D eigenvalue weighted by molar-refractivity contribution is 6.14. The summed E-state index contributed by atoms with van der Waals surface area (Å²) in [7, 11) is 1.40. The van der Waals surface area contributed by atoms with Crippen molar-refractivity contribution in [3.63, 3.8) is 0 Å². The second-order valence-electron chi connectivity index (χ2n) is 5.64. The zero-order chi connectivity index (χ0) is 14.8. The lowest BCUT2D eigenvalue weighted by molar-refractivity contribution is -0.149. The molecule has 2 aliphatic heterocycles. The molecule has 2 heterocycles. The summed E-state index contributed by atoms with van der Waals surface area (Å²) in [6.45, 7) is 4.52. The molecule has 0 aromatic carbocycles. The molecule has 2 aliphatic rings. The van der Waals surface area contributed by atoms with E-state index >= 15 is 0 Å². The fourth-order valence-electron chi connectivity index (χ4n) is 2.88. The third-order valence-electron chi connectivity index (χ3n) is 4.58. The number of hydrogen-bond donors (Lipinski definition) is 3. The zero-order valence-electron chi connectivity index (χ0n) is 11.2. The Morgan fingerprint density at radius 3 is 2.26 bits per heavy atom. The topological polar surface area (TPSA) is 119 Å². The molecule has 4 N–H and O–H groups in total. The number of nitrogens with one attached hydrogen (secondary N) is 1. The Hall–Kier alpha value is -2.07. The van der Waals surface area contributed by atoms with Crippen molar-refractivity contribution in [2.75, 3.05) is 7.05 Å². The van der Waals surface area contributed by atoms with Gasteiger partial charge in [-0.25, -0.2) is 0 Å². The maximum atomic E-state index is 12.5. The predicted molar refractivity (Wildman–Crippen MR) is 64.6 cm³/mol. The molecule has 2 unspecified atom stereocenters. The van der Waals surface area contributed by atoms with Gasteiger partial charge in [0, 0.05) is 12.5 Å². The minimum Gasteiger partial charge on any atom is -0.384 e. The lowest BCUT2D eigenvalue weighted by atomic mass is 9.60. The van der Waals surface area contributed by atoms with Crippen LogP contribution in [0.4, 0.5) is 0 Å². The van der Waals surface area contributed by atoms with Gasteiger partial charge in [0.1, 0.15) is 17.6 Å². The molecule has 0 saturated carbocycles. The Morgan fingerprint density at radius 2 is 1.89 bits per heavy atom. The van der Waals surface area contributed by atoms with Gasteiger partial charge in [0.15, 0.2) is 5.41 Å². The van der Waals surface area contributed by atoms with Crippen LogP contribution in [-0.2, 0) is 9.59 Å². The largest absolute Gasteiger partial charge is 0.384 e. The quantitative estimate of drug-likeness (QED) is 0.485. The van der Waals surface area contributed by atoms with Crippen molar-refractivity contribution in [2.45, 2.75) is 26.5 Å². The van der Waals surface area contributed by atoms with E-state index in [1.807, 2.05) is 6.07 Å². The molecule has 2 amide bonds. The van der Waals surface area contributed by atoms with E-state index in [9.17, 15) is 20.0 Å². The molecule has 0 radical (unpaired) electrons.